The summed E-state index contributed by atoms with van der Waals surface area (Å²) in [5.41, 5.74) is 0. The lowest BCUT2D eigenvalue weighted by Gasteiger charge is -2.14. The lowest BCUT2D eigenvalue weighted by molar-refractivity contribution is -0.849. The van der Waals surface area contributed by atoms with E-state index >= 15 is 0 Å². The number of carboxylic acid groups (broad SMARTS) is 1. The van der Waals surface area contributed by atoms with E-state index in [9.17, 15) is 8.42 Å². The normalized spacial score (nSPS) is 11.4. The highest BCUT2D eigenvalue weighted by Crippen LogP contribution is 1.75. The molecule has 0 aliphatic heterocycles. The second kappa shape index (κ2) is 4.39. The summed E-state index contributed by atoms with van der Waals surface area (Å²) in [5, 5.41) is 6.59. The van der Waals surface area contributed by atoms with Crippen LogP contribution in [0.4, 0.5) is 4.79 Å². The summed E-state index contributed by atoms with van der Waals surface area (Å²) in [4.78, 5) is 9.07. The zero-order valence-electron chi connectivity index (χ0n) is 7.44. The minimum atomic E-state index is -4.94. The summed E-state index contributed by atoms with van der Waals surface area (Å²) in [6.07, 6.45) is 0. The summed E-state index contributed by atoms with van der Waals surface area (Å²) in [6.45, 7) is 0. The molecule has 0 saturated carbocycles. The molecule has 0 saturated heterocycles. The van der Waals surface area contributed by atoms with E-state index in [2.05, 4.69) is 28.2 Å². The molecule has 0 radical (unpaired) electrons. The van der Waals surface area contributed by atoms with Gasteiger partial charge in [-0.3, -0.25) is 4.55 Å². The van der Waals surface area contributed by atoms with E-state index in [-0.39, 0.29) is 0 Å². The Morgan fingerprint density at radius 2 is 1.33 bits per heavy atom. The SMILES string of the molecule is C[N+](C)(C)C.O=C([O-])S(=O)(=O)O. The number of rotatable bonds is 0. The maximum absolute atomic E-state index is 9.22. The molecule has 1 N–H and O–H groups in total. The van der Waals surface area contributed by atoms with Crippen molar-refractivity contribution in [1.82, 2.24) is 0 Å². The van der Waals surface area contributed by atoms with E-state index in [4.69, 9.17) is 14.5 Å². The Balaban J connectivity index is 0. The molecule has 0 aromatic heterocycles. The summed E-state index contributed by atoms with van der Waals surface area (Å²) in [7, 11) is 3.56. The molecule has 0 aliphatic rings. The van der Waals surface area contributed by atoms with E-state index in [1.165, 1.54) is 0 Å². The van der Waals surface area contributed by atoms with Gasteiger partial charge in [-0.1, -0.05) is 0 Å². The lowest BCUT2D eigenvalue weighted by atomic mass is 10.8. The van der Waals surface area contributed by atoms with Crippen LogP contribution in [0.15, 0.2) is 0 Å². The van der Waals surface area contributed by atoms with Gasteiger partial charge >= 0.3 is 10.1 Å². The van der Waals surface area contributed by atoms with Crippen LogP contribution in [0.2, 0.25) is 0 Å². The molecule has 12 heavy (non-hydrogen) atoms. The predicted molar refractivity (Wildman–Crippen MR) is 40.9 cm³/mol. The van der Waals surface area contributed by atoms with E-state index < -0.39 is 15.4 Å². The molecule has 6 nitrogen and oxygen atoms in total. The lowest BCUT2D eigenvalue weighted by Crippen LogP contribution is -2.29. The molecule has 0 aromatic rings. The van der Waals surface area contributed by atoms with Gasteiger partial charge in [-0.25, -0.2) is 0 Å². The van der Waals surface area contributed by atoms with E-state index in [1.54, 1.807) is 0 Å². The second-order valence-corrected chi connectivity index (χ2v) is 4.69. The van der Waals surface area contributed by atoms with Gasteiger partial charge in [-0.15, -0.1) is 0 Å². The van der Waals surface area contributed by atoms with Crippen LogP contribution < -0.4 is 5.11 Å². The average Bonchev–Trinajstić information content (AvgIpc) is 1.55. The zero-order chi connectivity index (χ0) is 10.6. The van der Waals surface area contributed by atoms with Crippen molar-refractivity contribution in [2.45, 2.75) is 0 Å². The Kier molecular flexibility index (Phi) is 5.08. The predicted octanol–water partition coefficient (Wildman–Crippen LogP) is -1.46. The molecule has 7 heteroatoms. The monoisotopic (exact) mass is 199 g/mol. The van der Waals surface area contributed by atoms with Crippen molar-refractivity contribution in [3.8, 4) is 0 Å². The Labute approximate surface area is 71.8 Å². The molecule has 0 amide bonds. The van der Waals surface area contributed by atoms with Gasteiger partial charge in [0.2, 0.25) is 0 Å². The number of hydrogen-bond donors (Lipinski definition) is 1. The number of carbonyl (C=O) groups is 1. The van der Waals surface area contributed by atoms with Gasteiger partial charge < -0.3 is 14.4 Å². The molecule has 0 bridgehead atoms. The highest BCUT2D eigenvalue weighted by molar-refractivity contribution is 8.00. The highest BCUT2D eigenvalue weighted by Gasteiger charge is 2.01. The molecule has 74 valence electrons. The average molecular weight is 199 g/mol. The van der Waals surface area contributed by atoms with Crippen LogP contribution in [-0.4, -0.2) is 50.9 Å². The van der Waals surface area contributed by atoms with Crippen LogP contribution in [0.3, 0.4) is 0 Å². The van der Waals surface area contributed by atoms with Crippen molar-refractivity contribution in [2.75, 3.05) is 28.2 Å². The van der Waals surface area contributed by atoms with Gasteiger partial charge in [0.1, 0.15) is 0 Å². The third kappa shape index (κ3) is 22.8. The Morgan fingerprint density at radius 1 is 1.25 bits per heavy atom. The van der Waals surface area contributed by atoms with Crippen molar-refractivity contribution in [3.05, 3.63) is 0 Å². The molecule has 0 aromatic carbocycles. The molecule has 0 spiro atoms. The first-order valence-corrected chi connectivity index (χ1v) is 4.36. The molecule has 0 heterocycles. The fourth-order valence-corrected chi connectivity index (χ4v) is 0. The first-order valence-electron chi connectivity index (χ1n) is 2.92. The summed E-state index contributed by atoms with van der Waals surface area (Å²) >= 11 is 0. The van der Waals surface area contributed by atoms with Gasteiger partial charge in [0.05, 0.1) is 28.2 Å². The Morgan fingerprint density at radius 3 is 1.33 bits per heavy atom. The molecule has 0 unspecified atom stereocenters. The van der Waals surface area contributed by atoms with Gasteiger partial charge in [-0.2, -0.15) is 8.42 Å². The largest absolute Gasteiger partial charge is 0.533 e. The fourth-order valence-electron chi connectivity index (χ4n) is 0. The topological polar surface area (TPSA) is 94.5 Å². The molecule has 0 rings (SSSR count). The molecular weight excluding hydrogens is 186 g/mol. The minimum Gasteiger partial charge on any atom is -0.533 e. The summed E-state index contributed by atoms with van der Waals surface area (Å²) in [6, 6.07) is 0. The Bertz CT molecular complexity index is 231. The van der Waals surface area contributed by atoms with Crippen molar-refractivity contribution < 1.29 is 27.4 Å². The number of nitrogens with zero attached hydrogens (tertiary/aromatic N) is 1. The maximum atomic E-state index is 9.22. The first kappa shape index (κ1) is 13.9. The van der Waals surface area contributed by atoms with E-state index in [1.807, 2.05) is 0 Å². The quantitative estimate of drug-likeness (QED) is 0.380. The highest BCUT2D eigenvalue weighted by atomic mass is 32.2. The number of quaternary nitrogens is 1. The summed E-state index contributed by atoms with van der Waals surface area (Å²) < 4.78 is 26.9. The van der Waals surface area contributed by atoms with Crippen LogP contribution in [0.5, 0.6) is 0 Å². The van der Waals surface area contributed by atoms with Crippen molar-refractivity contribution in [3.63, 3.8) is 0 Å². The smallest absolute Gasteiger partial charge is 0.309 e. The van der Waals surface area contributed by atoms with Crippen LogP contribution in [-0.2, 0) is 10.1 Å². The maximum Gasteiger partial charge on any atom is 0.309 e. The van der Waals surface area contributed by atoms with Crippen molar-refractivity contribution >= 4 is 15.4 Å². The summed E-state index contributed by atoms with van der Waals surface area (Å²) in [5.74, 6) is 0. The van der Waals surface area contributed by atoms with E-state index in [0.29, 0.717) is 0 Å². The molecule has 0 fully saturated rings. The van der Waals surface area contributed by atoms with Crippen molar-refractivity contribution in [2.24, 2.45) is 0 Å². The Hall–Kier alpha value is -0.660. The van der Waals surface area contributed by atoms with Crippen molar-refractivity contribution in [1.29, 1.82) is 0 Å². The third-order valence-corrected chi connectivity index (χ3v) is 0.632. The van der Waals surface area contributed by atoms with Gasteiger partial charge in [0.25, 0.3) is 0 Å². The fraction of sp³-hybridized carbons (Fsp3) is 0.800. The molecule has 0 atom stereocenters. The molecule has 0 aliphatic carbocycles. The van der Waals surface area contributed by atoms with Gasteiger partial charge in [0.15, 0.2) is 5.30 Å². The van der Waals surface area contributed by atoms with Crippen LogP contribution >= 0.6 is 0 Å². The van der Waals surface area contributed by atoms with E-state index in [0.717, 1.165) is 4.48 Å². The second-order valence-electron chi connectivity index (χ2n) is 3.41. The van der Waals surface area contributed by atoms with Crippen LogP contribution in [0.1, 0.15) is 0 Å². The third-order valence-electron chi connectivity index (χ3n) is 0.211. The minimum absolute atomic E-state index is 1.00. The van der Waals surface area contributed by atoms with Gasteiger partial charge in [-0.05, 0) is 0 Å². The van der Waals surface area contributed by atoms with Gasteiger partial charge in [0, 0.05) is 0 Å². The zero-order valence-corrected chi connectivity index (χ0v) is 8.25. The molecular formula is C5H13NO5S. The number of carbonyl (C=O) groups excluding carboxylic acids is 1. The van der Waals surface area contributed by atoms with Crippen LogP contribution in [0, 0.1) is 0 Å². The first-order chi connectivity index (χ1) is 4.94. The number of hydrogen-bond acceptors (Lipinski definition) is 4. The standard InChI is InChI=1S/C4H12N.CH2O5S/c1-5(2,3)4;2-1(3)7(4,5)6/h1-4H3;(H,2,3)(H,4,5,6)/q+1;/p-1. The van der Waals surface area contributed by atoms with Crippen LogP contribution in [0.25, 0.3) is 0 Å².